The minimum Gasteiger partial charge on any atom is -0.545 e. The highest BCUT2D eigenvalue weighted by atomic mass is 16.4. The van der Waals surface area contributed by atoms with Crippen LogP contribution in [0.4, 0.5) is 0 Å². The summed E-state index contributed by atoms with van der Waals surface area (Å²) in [6.07, 6.45) is 8.54. The van der Waals surface area contributed by atoms with Crippen molar-refractivity contribution in [3.8, 4) is 0 Å². The van der Waals surface area contributed by atoms with Crippen LogP contribution in [0.15, 0.2) is 42.3 Å². The Morgan fingerprint density at radius 3 is 2.87 bits per heavy atom. The minimum atomic E-state index is -1.17. The molecule has 1 aromatic rings. The average molecular weight is 203 g/mol. The molecule has 0 N–H and O–H groups in total. The van der Waals surface area contributed by atoms with Crippen molar-refractivity contribution in [2.24, 2.45) is 7.05 Å². The third-order valence-corrected chi connectivity index (χ3v) is 1.85. The number of aryl methyl sites for hydroxylation is 1. The van der Waals surface area contributed by atoms with Crippen molar-refractivity contribution >= 4 is 12.0 Å². The molecule has 0 aromatic carbocycles. The lowest BCUT2D eigenvalue weighted by Crippen LogP contribution is -2.26. The van der Waals surface area contributed by atoms with Gasteiger partial charge in [-0.15, -0.1) is 0 Å². The molecule has 0 aliphatic carbocycles. The third kappa shape index (κ3) is 4.22. The predicted molar refractivity (Wildman–Crippen MR) is 55.4 cm³/mol. The second-order valence-corrected chi connectivity index (χ2v) is 3.34. The van der Waals surface area contributed by atoms with Gasteiger partial charge in [-0.1, -0.05) is 6.08 Å². The fourth-order valence-electron chi connectivity index (χ4n) is 1.17. The van der Waals surface area contributed by atoms with Gasteiger partial charge in [-0.05, 0) is 30.7 Å². The Morgan fingerprint density at radius 2 is 2.27 bits per heavy atom. The molecule has 15 heavy (non-hydrogen) atoms. The number of aromatic nitrogens is 1. The quantitative estimate of drug-likeness (QED) is 0.401. The zero-order valence-corrected chi connectivity index (χ0v) is 8.81. The molecule has 0 saturated carbocycles. The van der Waals surface area contributed by atoms with Gasteiger partial charge in [0.1, 0.15) is 7.05 Å². The Kier molecular flexibility index (Phi) is 3.80. The number of nitrogens with zero attached hydrogens (tertiary/aromatic N) is 1. The number of allylic oxidation sites excluding steroid dienone is 2. The smallest absolute Gasteiger partial charge is 0.175 e. The van der Waals surface area contributed by atoms with Gasteiger partial charge in [0.25, 0.3) is 0 Å². The first-order valence-corrected chi connectivity index (χ1v) is 4.60. The van der Waals surface area contributed by atoms with Gasteiger partial charge in [0.15, 0.2) is 12.4 Å². The Balaban J connectivity index is 2.78. The number of hydrogen-bond acceptors (Lipinski definition) is 2. The Morgan fingerprint density at radius 1 is 1.53 bits per heavy atom. The van der Waals surface area contributed by atoms with Crippen LogP contribution in [-0.2, 0) is 11.8 Å². The summed E-state index contributed by atoms with van der Waals surface area (Å²) in [6, 6.07) is 3.88. The second kappa shape index (κ2) is 5.10. The Hall–Kier alpha value is -1.90. The van der Waals surface area contributed by atoms with Crippen LogP contribution >= 0.6 is 0 Å². The molecule has 0 spiro atoms. The van der Waals surface area contributed by atoms with Gasteiger partial charge >= 0.3 is 0 Å². The van der Waals surface area contributed by atoms with E-state index in [0.29, 0.717) is 5.57 Å². The molecule has 0 amide bonds. The van der Waals surface area contributed by atoms with Gasteiger partial charge in [0.2, 0.25) is 0 Å². The molecule has 0 aliphatic heterocycles. The minimum absolute atomic E-state index is 0.654. The number of carbonyl (C=O) groups is 1. The summed E-state index contributed by atoms with van der Waals surface area (Å²) in [4.78, 5) is 10.2. The van der Waals surface area contributed by atoms with Crippen molar-refractivity contribution in [3.05, 3.63) is 47.8 Å². The standard InChI is InChI=1S/C12H13NO2/c1-10(8-12(14)15)5-6-11-4-3-7-13(2)9-11/h3-9H,1-2H3/b6-5+,10-8-. The highest BCUT2D eigenvalue weighted by Gasteiger charge is 1.92. The number of pyridine rings is 1. The van der Waals surface area contributed by atoms with Crippen LogP contribution in [-0.4, -0.2) is 5.97 Å². The van der Waals surface area contributed by atoms with Crippen LogP contribution in [0.2, 0.25) is 0 Å². The van der Waals surface area contributed by atoms with E-state index in [2.05, 4.69) is 0 Å². The average Bonchev–Trinajstić information content (AvgIpc) is 2.14. The summed E-state index contributed by atoms with van der Waals surface area (Å²) in [7, 11) is 1.93. The highest BCUT2D eigenvalue weighted by Crippen LogP contribution is 2.02. The van der Waals surface area contributed by atoms with E-state index in [0.717, 1.165) is 11.6 Å². The summed E-state index contributed by atoms with van der Waals surface area (Å²) in [5.74, 6) is -1.17. The van der Waals surface area contributed by atoms with Crippen molar-refractivity contribution in [1.82, 2.24) is 0 Å². The molecule has 0 unspecified atom stereocenters. The zero-order valence-electron chi connectivity index (χ0n) is 8.81. The van der Waals surface area contributed by atoms with Crippen molar-refractivity contribution in [1.29, 1.82) is 0 Å². The van der Waals surface area contributed by atoms with Crippen molar-refractivity contribution in [2.45, 2.75) is 6.92 Å². The van der Waals surface area contributed by atoms with E-state index in [1.165, 1.54) is 0 Å². The SMILES string of the molecule is CC(=C/C(=O)[O-])/C=C/c1ccc[n+](C)c1. The van der Waals surface area contributed by atoms with Crippen molar-refractivity contribution in [2.75, 3.05) is 0 Å². The maximum atomic E-state index is 10.2. The van der Waals surface area contributed by atoms with Crippen LogP contribution in [0, 0.1) is 0 Å². The molecule has 0 radical (unpaired) electrons. The van der Waals surface area contributed by atoms with Gasteiger partial charge in [0.05, 0.1) is 5.97 Å². The van der Waals surface area contributed by atoms with Gasteiger partial charge < -0.3 is 9.90 Å². The molecule has 1 rings (SSSR count). The Bertz CT molecular complexity index is 419. The summed E-state index contributed by atoms with van der Waals surface area (Å²) in [5, 5.41) is 10.2. The second-order valence-electron chi connectivity index (χ2n) is 3.34. The fourth-order valence-corrected chi connectivity index (χ4v) is 1.17. The molecular formula is C12H13NO2. The first-order chi connectivity index (χ1) is 7.08. The molecule has 0 saturated heterocycles. The largest absolute Gasteiger partial charge is 0.545 e. The Labute approximate surface area is 89.0 Å². The first-order valence-electron chi connectivity index (χ1n) is 4.60. The molecule has 0 aliphatic rings. The molecule has 0 atom stereocenters. The van der Waals surface area contributed by atoms with Crippen molar-refractivity contribution in [3.63, 3.8) is 0 Å². The molecule has 0 bridgehead atoms. The molecular weight excluding hydrogens is 190 g/mol. The van der Waals surface area contributed by atoms with Crippen LogP contribution in [0.3, 0.4) is 0 Å². The first kappa shape index (κ1) is 11.2. The lowest BCUT2D eigenvalue weighted by molar-refractivity contribution is -0.671. The van der Waals surface area contributed by atoms with Crippen LogP contribution in [0.1, 0.15) is 12.5 Å². The lowest BCUT2D eigenvalue weighted by Gasteiger charge is -1.94. The maximum Gasteiger partial charge on any atom is 0.175 e. The number of hydrogen-bond donors (Lipinski definition) is 0. The fraction of sp³-hybridized carbons (Fsp3) is 0.167. The van der Waals surface area contributed by atoms with E-state index in [9.17, 15) is 9.90 Å². The van der Waals surface area contributed by atoms with Gasteiger partial charge in [-0.2, -0.15) is 0 Å². The molecule has 1 heterocycles. The van der Waals surface area contributed by atoms with Gasteiger partial charge in [-0.3, -0.25) is 0 Å². The number of carboxylic acids is 1. The molecule has 3 heteroatoms. The number of carboxylic acid groups (broad SMARTS) is 1. The zero-order chi connectivity index (χ0) is 11.3. The highest BCUT2D eigenvalue weighted by molar-refractivity contribution is 5.79. The van der Waals surface area contributed by atoms with E-state index in [4.69, 9.17) is 0 Å². The van der Waals surface area contributed by atoms with Crippen molar-refractivity contribution < 1.29 is 14.5 Å². The van der Waals surface area contributed by atoms with E-state index in [-0.39, 0.29) is 0 Å². The van der Waals surface area contributed by atoms with Crippen LogP contribution in [0.25, 0.3) is 6.08 Å². The molecule has 78 valence electrons. The van der Waals surface area contributed by atoms with E-state index >= 15 is 0 Å². The van der Waals surface area contributed by atoms with E-state index in [1.54, 1.807) is 13.0 Å². The van der Waals surface area contributed by atoms with E-state index in [1.807, 2.05) is 42.2 Å². The number of carbonyl (C=O) groups excluding carboxylic acids is 1. The summed E-state index contributed by atoms with van der Waals surface area (Å²) >= 11 is 0. The number of rotatable bonds is 3. The maximum absolute atomic E-state index is 10.2. The predicted octanol–water partition coefficient (Wildman–Crippen LogP) is 0.220. The third-order valence-electron chi connectivity index (χ3n) is 1.85. The molecule has 0 fully saturated rings. The summed E-state index contributed by atoms with van der Waals surface area (Å²) < 4.78 is 1.93. The normalized spacial score (nSPS) is 12.0. The van der Waals surface area contributed by atoms with Crippen LogP contribution < -0.4 is 9.67 Å². The lowest BCUT2D eigenvalue weighted by atomic mass is 10.2. The van der Waals surface area contributed by atoms with E-state index < -0.39 is 5.97 Å². The summed E-state index contributed by atoms with van der Waals surface area (Å²) in [6.45, 7) is 1.72. The van der Waals surface area contributed by atoms with Gasteiger partial charge in [0, 0.05) is 11.6 Å². The van der Waals surface area contributed by atoms with Crippen LogP contribution in [0.5, 0.6) is 0 Å². The summed E-state index contributed by atoms with van der Waals surface area (Å²) in [5.41, 5.74) is 1.67. The van der Waals surface area contributed by atoms with Gasteiger partial charge in [-0.25, -0.2) is 4.57 Å². The topological polar surface area (TPSA) is 44.0 Å². The number of aliphatic carboxylic acids is 1. The molecule has 3 nitrogen and oxygen atoms in total. The molecule has 1 aromatic heterocycles. The monoisotopic (exact) mass is 203 g/mol.